The first kappa shape index (κ1) is 15.6. The smallest absolute Gasteiger partial charge is 0.254 e. The monoisotopic (exact) mass is 330 g/mol. The molecule has 0 aliphatic rings. The van der Waals surface area contributed by atoms with E-state index >= 15 is 0 Å². The molecule has 0 radical (unpaired) electrons. The summed E-state index contributed by atoms with van der Waals surface area (Å²) >= 11 is 3.04. The fraction of sp³-hybridized carbons (Fsp3) is 0.385. The minimum absolute atomic E-state index is 0.00182. The summed E-state index contributed by atoms with van der Waals surface area (Å²) in [7, 11) is 1.52. The first-order chi connectivity index (χ1) is 8.99. The maximum atomic E-state index is 13.1. The highest BCUT2D eigenvalue weighted by molar-refractivity contribution is 9.10. The normalized spacial score (nSPS) is 10.1. The van der Waals surface area contributed by atoms with Crippen molar-refractivity contribution in [3.05, 3.63) is 34.1 Å². The number of nitrogens with one attached hydrogen (secondary N) is 1. The third kappa shape index (κ3) is 4.31. The molecule has 0 saturated carbocycles. The summed E-state index contributed by atoms with van der Waals surface area (Å²) < 4.78 is 13.4. The van der Waals surface area contributed by atoms with Crippen LogP contribution in [0.1, 0.15) is 23.7 Å². The van der Waals surface area contributed by atoms with Gasteiger partial charge in [-0.15, -0.1) is 0 Å². The topological polar surface area (TPSA) is 49.4 Å². The number of amides is 2. The fourth-order valence-electron chi connectivity index (χ4n) is 1.59. The third-order valence-corrected chi connectivity index (χ3v) is 3.17. The summed E-state index contributed by atoms with van der Waals surface area (Å²) in [6, 6.07) is 4.06. The highest BCUT2D eigenvalue weighted by Crippen LogP contribution is 2.18. The second-order valence-corrected chi connectivity index (χ2v) is 4.88. The number of benzene rings is 1. The summed E-state index contributed by atoms with van der Waals surface area (Å²) in [5.74, 6) is -0.945. The summed E-state index contributed by atoms with van der Waals surface area (Å²) in [5, 5.41) is 2.48. The van der Waals surface area contributed by atoms with Crippen LogP contribution in [-0.2, 0) is 4.79 Å². The van der Waals surface area contributed by atoms with Gasteiger partial charge in [-0.1, -0.05) is 6.92 Å². The molecule has 104 valence electrons. The second kappa shape index (κ2) is 7.23. The lowest BCUT2D eigenvalue weighted by Gasteiger charge is -2.21. The summed E-state index contributed by atoms with van der Waals surface area (Å²) in [6.45, 7) is 2.39. The number of hydrogen-bond donors (Lipinski definition) is 1. The molecule has 0 fully saturated rings. The van der Waals surface area contributed by atoms with Gasteiger partial charge in [0.05, 0.1) is 11.0 Å². The molecule has 0 aromatic heterocycles. The van der Waals surface area contributed by atoms with Gasteiger partial charge in [0.1, 0.15) is 5.82 Å². The van der Waals surface area contributed by atoms with Gasteiger partial charge >= 0.3 is 0 Å². The largest absolute Gasteiger partial charge is 0.358 e. The van der Waals surface area contributed by atoms with Gasteiger partial charge in [0.2, 0.25) is 5.91 Å². The average Bonchev–Trinajstić information content (AvgIpc) is 2.40. The molecular formula is C13H16BrFN2O2. The quantitative estimate of drug-likeness (QED) is 0.899. The van der Waals surface area contributed by atoms with Crippen LogP contribution in [0.15, 0.2) is 22.7 Å². The molecule has 1 aromatic carbocycles. The first-order valence-electron chi connectivity index (χ1n) is 5.94. The zero-order valence-electron chi connectivity index (χ0n) is 10.9. The van der Waals surface area contributed by atoms with E-state index in [1.165, 1.54) is 30.1 Å². The Balaban J connectivity index is 2.91. The van der Waals surface area contributed by atoms with Crippen LogP contribution >= 0.6 is 15.9 Å². The van der Waals surface area contributed by atoms with Crippen LogP contribution in [0.3, 0.4) is 0 Å². The molecule has 4 nitrogen and oxygen atoms in total. The van der Waals surface area contributed by atoms with Crippen molar-refractivity contribution in [2.75, 3.05) is 20.1 Å². The van der Waals surface area contributed by atoms with Crippen LogP contribution in [0.2, 0.25) is 0 Å². The van der Waals surface area contributed by atoms with E-state index in [0.29, 0.717) is 12.1 Å². The molecule has 1 aromatic rings. The minimum atomic E-state index is -0.426. The number of nitrogens with zero attached hydrogens (tertiary/aromatic N) is 1. The van der Waals surface area contributed by atoms with E-state index in [9.17, 15) is 14.0 Å². The number of hydrogen-bond acceptors (Lipinski definition) is 2. The van der Waals surface area contributed by atoms with Crippen LogP contribution in [-0.4, -0.2) is 36.9 Å². The van der Waals surface area contributed by atoms with Gasteiger partial charge in [-0.3, -0.25) is 9.59 Å². The SMILES string of the molecule is CCCN(CC(=O)NC)C(=O)c1ccc(F)c(Br)c1. The first-order valence-corrected chi connectivity index (χ1v) is 6.73. The van der Waals surface area contributed by atoms with Gasteiger partial charge in [0.25, 0.3) is 5.91 Å². The molecule has 0 saturated heterocycles. The summed E-state index contributed by atoms with van der Waals surface area (Å²) in [6.07, 6.45) is 0.741. The van der Waals surface area contributed by atoms with Gasteiger partial charge in [-0.05, 0) is 40.5 Å². The Hall–Kier alpha value is -1.43. The van der Waals surface area contributed by atoms with Crippen LogP contribution in [0.5, 0.6) is 0 Å². The number of rotatable bonds is 5. The zero-order chi connectivity index (χ0) is 14.4. The van der Waals surface area contributed by atoms with Crippen molar-refractivity contribution in [1.82, 2.24) is 10.2 Å². The van der Waals surface area contributed by atoms with Crippen molar-refractivity contribution >= 4 is 27.7 Å². The molecule has 19 heavy (non-hydrogen) atoms. The van der Waals surface area contributed by atoms with E-state index in [1.807, 2.05) is 6.92 Å². The highest BCUT2D eigenvalue weighted by atomic mass is 79.9. The molecule has 0 aliphatic carbocycles. The lowest BCUT2D eigenvalue weighted by molar-refractivity contribution is -0.121. The van der Waals surface area contributed by atoms with Crippen molar-refractivity contribution in [1.29, 1.82) is 0 Å². The lowest BCUT2D eigenvalue weighted by atomic mass is 10.2. The molecule has 0 atom stereocenters. The number of likely N-dealkylation sites (N-methyl/N-ethyl adjacent to an activating group) is 1. The Bertz CT molecular complexity index is 480. The molecule has 1 N–H and O–H groups in total. The maximum Gasteiger partial charge on any atom is 0.254 e. The molecule has 6 heteroatoms. The standard InChI is InChI=1S/C13H16BrFN2O2/c1-3-6-17(8-12(18)16-2)13(19)9-4-5-11(15)10(14)7-9/h4-5,7H,3,6,8H2,1-2H3,(H,16,18). The van der Waals surface area contributed by atoms with Gasteiger partial charge in [-0.2, -0.15) is 0 Å². The molecule has 0 unspecified atom stereocenters. The predicted octanol–water partition coefficient (Wildman–Crippen LogP) is 2.19. The molecule has 2 amide bonds. The summed E-state index contributed by atoms with van der Waals surface area (Å²) in [4.78, 5) is 25.1. The lowest BCUT2D eigenvalue weighted by Crippen LogP contribution is -2.40. The van der Waals surface area contributed by atoms with Crippen LogP contribution < -0.4 is 5.32 Å². The molecular weight excluding hydrogens is 315 g/mol. The Morgan fingerprint density at radius 2 is 2.11 bits per heavy atom. The van der Waals surface area contributed by atoms with Gasteiger partial charge in [0, 0.05) is 19.2 Å². The zero-order valence-corrected chi connectivity index (χ0v) is 12.5. The van der Waals surface area contributed by atoms with E-state index in [4.69, 9.17) is 0 Å². The Morgan fingerprint density at radius 1 is 1.42 bits per heavy atom. The minimum Gasteiger partial charge on any atom is -0.358 e. The number of carbonyl (C=O) groups excluding carboxylic acids is 2. The van der Waals surface area contributed by atoms with E-state index in [2.05, 4.69) is 21.2 Å². The van der Waals surface area contributed by atoms with Crippen molar-refractivity contribution in [3.8, 4) is 0 Å². The van der Waals surface area contributed by atoms with Crippen molar-refractivity contribution in [2.45, 2.75) is 13.3 Å². The predicted molar refractivity (Wildman–Crippen MR) is 74.4 cm³/mol. The highest BCUT2D eigenvalue weighted by Gasteiger charge is 2.18. The maximum absolute atomic E-state index is 13.1. The Morgan fingerprint density at radius 3 is 2.63 bits per heavy atom. The van der Waals surface area contributed by atoms with Crippen LogP contribution in [0.25, 0.3) is 0 Å². The molecule has 0 heterocycles. The van der Waals surface area contributed by atoms with Gasteiger partial charge < -0.3 is 10.2 Å². The van der Waals surface area contributed by atoms with Crippen molar-refractivity contribution in [3.63, 3.8) is 0 Å². The van der Waals surface area contributed by atoms with Crippen molar-refractivity contribution < 1.29 is 14.0 Å². The Kier molecular flexibility index (Phi) is 5.95. The second-order valence-electron chi connectivity index (χ2n) is 4.03. The molecule has 0 aliphatic heterocycles. The van der Waals surface area contributed by atoms with Crippen LogP contribution in [0.4, 0.5) is 4.39 Å². The van der Waals surface area contributed by atoms with E-state index in [1.54, 1.807) is 0 Å². The molecule has 0 bridgehead atoms. The summed E-state index contributed by atoms with van der Waals surface area (Å²) in [5.41, 5.74) is 0.352. The molecule has 0 spiro atoms. The van der Waals surface area contributed by atoms with E-state index in [0.717, 1.165) is 6.42 Å². The van der Waals surface area contributed by atoms with E-state index in [-0.39, 0.29) is 22.8 Å². The third-order valence-electron chi connectivity index (χ3n) is 2.56. The number of carbonyl (C=O) groups is 2. The van der Waals surface area contributed by atoms with Gasteiger partial charge in [0.15, 0.2) is 0 Å². The van der Waals surface area contributed by atoms with Gasteiger partial charge in [-0.25, -0.2) is 4.39 Å². The van der Waals surface area contributed by atoms with Crippen molar-refractivity contribution in [2.24, 2.45) is 0 Å². The van der Waals surface area contributed by atoms with Crippen LogP contribution in [0, 0.1) is 5.82 Å². The average molecular weight is 331 g/mol. The molecule has 1 rings (SSSR count). The number of halogens is 2. The fourth-order valence-corrected chi connectivity index (χ4v) is 1.97. The van der Waals surface area contributed by atoms with E-state index < -0.39 is 5.82 Å². The Labute approximate surface area is 120 Å².